The lowest BCUT2D eigenvalue weighted by Crippen LogP contribution is -2.53. The van der Waals surface area contributed by atoms with Gasteiger partial charge in [0.2, 0.25) is 0 Å². The molecule has 0 aliphatic heterocycles. The Kier molecular flexibility index (Phi) is 4.66. The normalized spacial score (nSPS) is 22.0. The molecule has 0 heterocycles. The Morgan fingerprint density at radius 2 is 1.86 bits per heavy atom. The second-order valence-corrected chi connectivity index (χ2v) is 6.83. The third kappa shape index (κ3) is 3.02. The van der Waals surface area contributed by atoms with Gasteiger partial charge >= 0.3 is 0 Å². The van der Waals surface area contributed by atoms with Crippen LogP contribution >= 0.6 is 0 Å². The van der Waals surface area contributed by atoms with Crippen molar-refractivity contribution in [2.75, 3.05) is 14.2 Å². The van der Waals surface area contributed by atoms with Gasteiger partial charge in [0.25, 0.3) is 0 Å². The summed E-state index contributed by atoms with van der Waals surface area (Å²) in [4.78, 5) is 0. The molecule has 21 heavy (non-hydrogen) atoms. The predicted octanol–water partition coefficient (Wildman–Crippen LogP) is 3.66. The molecule has 1 fully saturated rings. The summed E-state index contributed by atoms with van der Waals surface area (Å²) >= 11 is 0. The molecule has 1 N–H and O–H groups in total. The van der Waals surface area contributed by atoms with Crippen LogP contribution in [-0.4, -0.2) is 25.8 Å². The molecule has 0 saturated heterocycles. The molecule has 2 heteroatoms. The summed E-state index contributed by atoms with van der Waals surface area (Å²) in [5.41, 5.74) is 4.65. The molecule has 2 aliphatic rings. The van der Waals surface area contributed by atoms with E-state index in [-0.39, 0.29) is 5.60 Å². The quantitative estimate of drug-likeness (QED) is 0.892. The highest BCUT2D eigenvalue weighted by Crippen LogP contribution is 2.35. The van der Waals surface area contributed by atoms with E-state index in [0.29, 0.717) is 6.04 Å². The van der Waals surface area contributed by atoms with Gasteiger partial charge in [-0.1, -0.05) is 37.5 Å². The molecule has 1 saturated carbocycles. The summed E-state index contributed by atoms with van der Waals surface area (Å²) in [6.45, 7) is 0. The highest BCUT2D eigenvalue weighted by Gasteiger charge is 2.39. The zero-order valence-corrected chi connectivity index (χ0v) is 13.6. The van der Waals surface area contributed by atoms with Crippen LogP contribution in [0, 0.1) is 0 Å². The van der Waals surface area contributed by atoms with E-state index in [4.69, 9.17) is 4.74 Å². The highest BCUT2D eigenvalue weighted by molar-refractivity contribution is 5.35. The summed E-state index contributed by atoms with van der Waals surface area (Å²) in [6, 6.07) is 7.55. The monoisotopic (exact) mass is 287 g/mol. The molecular weight excluding hydrogens is 258 g/mol. The van der Waals surface area contributed by atoms with Gasteiger partial charge in [0.1, 0.15) is 0 Å². The molecule has 2 aliphatic carbocycles. The minimum absolute atomic E-state index is 0.0337. The number of ether oxygens (including phenoxy) is 1. The van der Waals surface area contributed by atoms with Gasteiger partial charge in [0.15, 0.2) is 0 Å². The molecule has 0 aromatic heterocycles. The lowest BCUT2D eigenvalue weighted by molar-refractivity contribution is -0.0657. The van der Waals surface area contributed by atoms with Crippen molar-refractivity contribution in [3.05, 3.63) is 34.9 Å². The third-order valence-electron chi connectivity index (χ3n) is 5.69. The van der Waals surface area contributed by atoms with Gasteiger partial charge in [-0.15, -0.1) is 0 Å². The van der Waals surface area contributed by atoms with Gasteiger partial charge in [-0.25, -0.2) is 0 Å². The van der Waals surface area contributed by atoms with Gasteiger partial charge in [0, 0.05) is 13.2 Å². The van der Waals surface area contributed by atoms with E-state index in [9.17, 15) is 0 Å². The second-order valence-electron chi connectivity index (χ2n) is 6.83. The number of hydrogen-bond donors (Lipinski definition) is 1. The molecule has 0 spiro atoms. The van der Waals surface area contributed by atoms with Crippen LogP contribution in [-0.2, 0) is 24.0 Å². The van der Waals surface area contributed by atoms with Crippen LogP contribution in [0.4, 0.5) is 0 Å². The fourth-order valence-electron chi connectivity index (χ4n) is 4.38. The molecule has 0 bridgehead atoms. The van der Waals surface area contributed by atoms with E-state index in [0.717, 1.165) is 6.42 Å². The maximum absolute atomic E-state index is 6.03. The first kappa shape index (κ1) is 15.1. The van der Waals surface area contributed by atoms with Crippen LogP contribution in [0.25, 0.3) is 0 Å². The lowest BCUT2D eigenvalue weighted by Gasteiger charge is -2.42. The van der Waals surface area contributed by atoms with Gasteiger partial charge in [-0.2, -0.15) is 0 Å². The first-order valence-corrected chi connectivity index (χ1v) is 8.60. The minimum Gasteiger partial charge on any atom is -0.377 e. The molecule has 3 rings (SSSR count). The molecule has 1 unspecified atom stereocenters. The van der Waals surface area contributed by atoms with Crippen LogP contribution < -0.4 is 5.32 Å². The summed E-state index contributed by atoms with van der Waals surface area (Å²) in [5, 5.41) is 3.55. The van der Waals surface area contributed by atoms with Crippen LogP contribution in [0.1, 0.15) is 55.2 Å². The lowest BCUT2D eigenvalue weighted by atomic mass is 9.77. The second kappa shape index (κ2) is 6.50. The van der Waals surface area contributed by atoms with Crippen molar-refractivity contribution in [2.45, 2.75) is 69.4 Å². The van der Waals surface area contributed by atoms with Gasteiger partial charge in [-0.05, 0) is 62.3 Å². The zero-order valence-electron chi connectivity index (χ0n) is 13.6. The number of rotatable bonds is 5. The van der Waals surface area contributed by atoms with E-state index in [1.807, 2.05) is 7.11 Å². The first-order valence-electron chi connectivity index (χ1n) is 8.60. The van der Waals surface area contributed by atoms with Gasteiger partial charge in [0.05, 0.1) is 5.60 Å². The first-order chi connectivity index (χ1) is 10.3. The number of benzene rings is 1. The SMILES string of the molecule is CNC(Cc1ccc2c(c1)CCC2)C1(OC)CCCCC1. The third-order valence-corrected chi connectivity index (χ3v) is 5.69. The average molecular weight is 287 g/mol. The fraction of sp³-hybridized carbons (Fsp3) is 0.684. The van der Waals surface area contributed by atoms with E-state index in [2.05, 4.69) is 30.6 Å². The molecule has 116 valence electrons. The molecule has 1 aromatic rings. The average Bonchev–Trinajstić information content (AvgIpc) is 3.01. The summed E-state index contributed by atoms with van der Waals surface area (Å²) in [7, 11) is 3.99. The number of aryl methyl sites for hydroxylation is 2. The predicted molar refractivity (Wildman–Crippen MR) is 87.8 cm³/mol. The number of likely N-dealkylation sites (N-methyl/N-ethyl adjacent to an activating group) is 1. The van der Waals surface area contributed by atoms with Crippen molar-refractivity contribution in [3.8, 4) is 0 Å². The highest BCUT2D eigenvalue weighted by atomic mass is 16.5. The standard InChI is InChI=1S/C19H29NO/c1-20-18(19(21-2)11-4-3-5-12-19)14-15-9-10-16-7-6-8-17(16)13-15/h9-10,13,18,20H,3-8,11-12,14H2,1-2H3. The Morgan fingerprint density at radius 3 is 2.57 bits per heavy atom. The Morgan fingerprint density at radius 1 is 1.10 bits per heavy atom. The summed E-state index contributed by atoms with van der Waals surface area (Å²) < 4.78 is 6.03. The summed E-state index contributed by atoms with van der Waals surface area (Å²) in [5.74, 6) is 0. The van der Waals surface area contributed by atoms with Crippen molar-refractivity contribution in [3.63, 3.8) is 0 Å². The van der Waals surface area contributed by atoms with Crippen LogP contribution in [0.5, 0.6) is 0 Å². The van der Waals surface area contributed by atoms with Crippen molar-refractivity contribution >= 4 is 0 Å². The maximum atomic E-state index is 6.03. The smallest absolute Gasteiger partial charge is 0.0834 e. The Labute approximate surface area is 129 Å². The summed E-state index contributed by atoms with van der Waals surface area (Å²) in [6.07, 6.45) is 11.3. The Hall–Kier alpha value is -0.860. The molecule has 2 nitrogen and oxygen atoms in total. The number of fused-ring (bicyclic) bond motifs is 1. The molecule has 1 atom stereocenters. The van der Waals surface area contributed by atoms with E-state index in [1.165, 1.54) is 56.9 Å². The van der Waals surface area contributed by atoms with Crippen molar-refractivity contribution < 1.29 is 4.74 Å². The van der Waals surface area contributed by atoms with E-state index >= 15 is 0 Å². The minimum atomic E-state index is 0.0337. The molecule has 1 aromatic carbocycles. The molecule has 0 radical (unpaired) electrons. The van der Waals surface area contributed by atoms with Crippen molar-refractivity contribution in [1.82, 2.24) is 5.32 Å². The number of methoxy groups -OCH3 is 1. The zero-order chi connectivity index (χ0) is 14.7. The van der Waals surface area contributed by atoms with Crippen molar-refractivity contribution in [2.24, 2.45) is 0 Å². The number of hydrogen-bond acceptors (Lipinski definition) is 2. The molecular formula is C19H29NO. The van der Waals surface area contributed by atoms with Crippen molar-refractivity contribution in [1.29, 1.82) is 0 Å². The largest absolute Gasteiger partial charge is 0.377 e. The number of nitrogens with one attached hydrogen (secondary N) is 1. The Bertz CT molecular complexity index is 476. The maximum Gasteiger partial charge on any atom is 0.0834 e. The van der Waals surface area contributed by atoms with E-state index < -0.39 is 0 Å². The van der Waals surface area contributed by atoms with Crippen LogP contribution in [0.15, 0.2) is 18.2 Å². The Balaban J connectivity index is 1.77. The van der Waals surface area contributed by atoms with E-state index in [1.54, 1.807) is 11.1 Å². The van der Waals surface area contributed by atoms with Gasteiger partial charge in [-0.3, -0.25) is 0 Å². The molecule has 0 amide bonds. The topological polar surface area (TPSA) is 21.3 Å². The fourth-order valence-corrected chi connectivity index (χ4v) is 4.38. The van der Waals surface area contributed by atoms with Crippen LogP contribution in [0.3, 0.4) is 0 Å². The van der Waals surface area contributed by atoms with Crippen LogP contribution in [0.2, 0.25) is 0 Å². The van der Waals surface area contributed by atoms with Gasteiger partial charge < -0.3 is 10.1 Å².